The van der Waals surface area contributed by atoms with Gasteiger partial charge in [-0.25, -0.2) is 8.78 Å². The Morgan fingerprint density at radius 3 is 2.64 bits per heavy atom. The summed E-state index contributed by atoms with van der Waals surface area (Å²) in [4.78, 5) is 0. The molecule has 1 aliphatic carbocycles. The lowest BCUT2D eigenvalue weighted by molar-refractivity contribution is 0.140. The number of fused-ring (bicyclic) bond motifs is 1. The van der Waals surface area contributed by atoms with E-state index >= 15 is 0 Å². The SMILES string of the molecule is CC(C)(C)c1cccc(C2(NCC(O)CCc3cc(F)cc(F)c3)CCc3n[nH]cc3C2)c1. The van der Waals surface area contributed by atoms with E-state index in [2.05, 4.69) is 60.6 Å². The first-order chi connectivity index (χ1) is 15.6. The van der Waals surface area contributed by atoms with Crippen molar-refractivity contribution in [3.05, 3.63) is 88.2 Å². The van der Waals surface area contributed by atoms with Crippen LogP contribution < -0.4 is 5.32 Å². The molecule has 1 aliphatic rings. The number of nitrogens with one attached hydrogen (secondary N) is 2. The summed E-state index contributed by atoms with van der Waals surface area (Å²) in [6.45, 7) is 7.02. The molecular formula is C27H33F2N3O. The molecule has 0 saturated heterocycles. The van der Waals surface area contributed by atoms with Crippen LogP contribution >= 0.6 is 0 Å². The monoisotopic (exact) mass is 453 g/mol. The van der Waals surface area contributed by atoms with Crippen molar-refractivity contribution >= 4 is 0 Å². The molecule has 0 bridgehead atoms. The Morgan fingerprint density at radius 2 is 1.91 bits per heavy atom. The molecule has 2 aromatic carbocycles. The number of hydrogen-bond donors (Lipinski definition) is 3. The molecule has 4 nitrogen and oxygen atoms in total. The zero-order valence-electron chi connectivity index (χ0n) is 19.6. The Labute approximate surface area is 194 Å². The minimum absolute atomic E-state index is 0.0341. The van der Waals surface area contributed by atoms with E-state index in [-0.39, 0.29) is 11.0 Å². The molecule has 0 amide bonds. The minimum Gasteiger partial charge on any atom is -0.392 e. The quantitative estimate of drug-likeness (QED) is 0.474. The van der Waals surface area contributed by atoms with Crippen molar-refractivity contribution in [3.63, 3.8) is 0 Å². The molecule has 0 radical (unpaired) electrons. The largest absolute Gasteiger partial charge is 0.392 e. The second-order valence-corrected chi connectivity index (χ2v) is 10.3. The zero-order valence-corrected chi connectivity index (χ0v) is 19.6. The summed E-state index contributed by atoms with van der Waals surface area (Å²) in [5.41, 5.74) is 5.05. The van der Waals surface area contributed by atoms with Crippen molar-refractivity contribution in [3.8, 4) is 0 Å². The van der Waals surface area contributed by atoms with E-state index in [1.165, 1.54) is 28.8 Å². The smallest absolute Gasteiger partial charge is 0.126 e. The van der Waals surface area contributed by atoms with Gasteiger partial charge in [0.1, 0.15) is 11.6 Å². The lowest BCUT2D eigenvalue weighted by Gasteiger charge is -2.40. The molecule has 3 aromatic rings. The molecule has 3 N–H and O–H groups in total. The van der Waals surface area contributed by atoms with Gasteiger partial charge in [-0.05, 0) is 71.9 Å². The molecule has 1 heterocycles. The van der Waals surface area contributed by atoms with Gasteiger partial charge in [0.15, 0.2) is 0 Å². The summed E-state index contributed by atoms with van der Waals surface area (Å²) in [6, 6.07) is 12.2. The van der Waals surface area contributed by atoms with Crippen molar-refractivity contribution in [2.75, 3.05) is 6.54 Å². The highest BCUT2D eigenvalue weighted by molar-refractivity contribution is 5.37. The standard InChI is InChI=1S/C27H33F2N3O/c1-26(2,3)20-5-4-6-21(13-20)27(10-9-25-19(15-27)16-31-32-25)30-17-24(33)8-7-18-11-22(28)14-23(29)12-18/h4-6,11-14,16,24,30,33H,7-10,15,17H2,1-3H3,(H,31,32). The van der Waals surface area contributed by atoms with Gasteiger partial charge in [-0.2, -0.15) is 5.10 Å². The first kappa shape index (κ1) is 23.6. The van der Waals surface area contributed by atoms with Gasteiger partial charge in [0.2, 0.25) is 0 Å². The summed E-state index contributed by atoms with van der Waals surface area (Å²) in [6.07, 6.45) is 4.68. The highest BCUT2D eigenvalue weighted by atomic mass is 19.1. The topological polar surface area (TPSA) is 60.9 Å². The van der Waals surface area contributed by atoms with Gasteiger partial charge in [0.25, 0.3) is 0 Å². The Bertz CT molecular complexity index is 1080. The van der Waals surface area contributed by atoms with Crippen LogP contribution in [0.5, 0.6) is 0 Å². The molecule has 2 unspecified atom stereocenters. The number of aliphatic hydroxyl groups is 1. The third-order valence-electron chi connectivity index (χ3n) is 6.74. The van der Waals surface area contributed by atoms with Crippen LogP contribution in [0.2, 0.25) is 0 Å². The maximum atomic E-state index is 13.5. The molecule has 33 heavy (non-hydrogen) atoms. The number of aromatic amines is 1. The Balaban J connectivity index is 1.51. The van der Waals surface area contributed by atoms with E-state index in [1.54, 1.807) is 0 Å². The summed E-state index contributed by atoms with van der Waals surface area (Å²) >= 11 is 0. The summed E-state index contributed by atoms with van der Waals surface area (Å²) in [7, 11) is 0. The summed E-state index contributed by atoms with van der Waals surface area (Å²) < 4.78 is 26.9. The predicted octanol–water partition coefficient (Wildman–Crippen LogP) is 4.95. The summed E-state index contributed by atoms with van der Waals surface area (Å²) in [5, 5.41) is 21.8. The molecular weight excluding hydrogens is 420 g/mol. The van der Waals surface area contributed by atoms with Gasteiger partial charge < -0.3 is 10.4 Å². The van der Waals surface area contributed by atoms with E-state index in [0.29, 0.717) is 24.9 Å². The number of aliphatic hydroxyl groups excluding tert-OH is 1. The van der Waals surface area contributed by atoms with Crippen LogP contribution in [-0.4, -0.2) is 28.0 Å². The Kier molecular flexibility index (Phi) is 6.68. The van der Waals surface area contributed by atoms with E-state index in [1.807, 2.05) is 6.20 Å². The lowest BCUT2D eigenvalue weighted by Crippen LogP contribution is -2.49. The molecule has 0 saturated carbocycles. The molecule has 176 valence electrons. The van der Waals surface area contributed by atoms with E-state index in [4.69, 9.17) is 0 Å². The second-order valence-electron chi connectivity index (χ2n) is 10.3. The van der Waals surface area contributed by atoms with Crippen LogP contribution in [0.1, 0.15) is 61.6 Å². The molecule has 0 fully saturated rings. The number of nitrogens with zero attached hydrogens (tertiary/aromatic N) is 1. The number of halogens is 2. The van der Waals surface area contributed by atoms with E-state index < -0.39 is 17.7 Å². The lowest BCUT2D eigenvalue weighted by atomic mass is 9.74. The van der Waals surface area contributed by atoms with Crippen molar-refractivity contribution < 1.29 is 13.9 Å². The molecule has 0 spiro atoms. The molecule has 1 aromatic heterocycles. The van der Waals surface area contributed by atoms with Crippen LogP contribution in [0, 0.1) is 11.6 Å². The maximum absolute atomic E-state index is 13.5. The number of benzene rings is 2. The minimum atomic E-state index is -0.634. The number of rotatable bonds is 7. The number of hydrogen-bond acceptors (Lipinski definition) is 3. The van der Waals surface area contributed by atoms with Gasteiger partial charge in [0.05, 0.1) is 11.8 Å². The highest BCUT2D eigenvalue weighted by Gasteiger charge is 2.37. The molecule has 6 heteroatoms. The van der Waals surface area contributed by atoms with Crippen molar-refractivity contribution in [1.29, 1.82) is 0 Å². The third-order valence-corrected chi connectivity index (χ3v) is 6.74. The van der Waals surface area contributed by atoms with Crippen molar-refractivity contribution in [2.24, 2.45) is 0 Å². The van der Waals surface area contributed by atoms with Crippen LogP contribution in [0.4, 0.5) is 8.78 Å². The fourth-order valence-corrected chi connectivity index (χ4v) is 4.74. The first-order valence-corrected chi connectivity index (χ1v) is 11.7. The molecule has 4 rings (SSSR count). The van der Waals surface area contributed by atoms with E-state index in [9.17, 15) is 13.9 Å². The second kappa shape index (κ2) is 9.35. The number of aryl methyl sites for hydroxylation is 2. The van der Waals surface area contributed by atoms with Crippen molar-refractivity contribution in [2.45, 2.75) is 69.9 Å². The van der Waals surface area contributed by atoms with Gasteiger partial charge in [0, 0.05) is 24.3 Å². The van der Waals surface area contributed by atoms with Crippen LogP contribution in [0.25, 0.3) is 0 Å². The van der Waals surface area contributed by atoms with Crippen molar-refractivity contribution in [1.82, 2.24) is 15.5 Å². The zero-order chi connectivity index (χ0) is 23.6. The Morgan fingerprint density at radius 1 is 1.15 bits per heavy atom. The molecule has 0 aliphatic heterocycles. The van der Waals surface area contributed by atoms with Crippen LogP contribution in [-0.2, 0) is 30.2 Å². The van der Waals surface area contributed by atoms with Gasteiger partial charge >= 0.3 is 0 Å². The van der Waals surface area contributed by atoms with Gasteiger partial charge in [-0.3, -0.25) is 5.10 Å². The predicted molar refractivity (Wildman–Crippen MR) is 126 cm³/mol. The van der Waals surface area contributed by atoms with E-state index in [0.717, 1.165) is 31.0 Å². The highest BCUT2D eigenvalue weighted by Crippen LogP contribution is 2.37. The normalized spacial score (nSPS) is 19.3. The van der Waals surface area contributed by atoms with Crippen LogP contribution in [0.3, 0.4) is 0 Å². The number of H-pyrrole nitrogens is 1. The third kappa shape index (κ3) is 5.50. The fourth-order valence-electron chi connectivity index (χ4n) is 4.74. The average molecular weight is 454 g/mol. The van der Waals surface area contributed by atoms with Gasteiger partial charge in [-0.15, -0.1) is 0 Å². The first-order valence-electron chi connectivity index (χ1n) is 11.7. The molecule has 2 atom stereocenters. The van der Waals surface area contributed by atoms with Crippen LogP contribution in [0.15, 0.2) is 48.7 Å². The Hall–Kier alpha value is -2.57. The summed E-state index contributed by atoms with van der Waals surface area (Å²) in [5.74, 6) is -1.18. The number of aromatic nitrogens is 2. The van der Waals surface area contributed by atoms with Gasteiger partial charge in [-0.1, -0.05) is 45.0 Å². The fraction of sp³-hybridized carbons (Fsp3) is 0.444. The average Bonchev–Trinajstić information content (AvgIpc) is 3.23. The maximum Gasteiger partial charge on any atom is 0.126 e.